The first kappa shape index (κ1) is 15.0. The van der Waals surface area contributed by atoms with Gasteiger partial charge in [0.15, 0.2) is 0 Å². The van der Waals surface area contributed by atoms with Crippen LogP contribution in [0.15, 0.2) is 28.7 Å². The molecule has 0 aliphatic heterocycles. The molecule has 2 amide bonds. The van der Waals surface area contributed by atoms with Gasteiger partial charge in [-0.1, -0.05) is 22.0 Å². The van der Waals surface area contributed by atoms with E-state index < -0.39 is 5.60 Å². The van der Waals surface area contributed by atoms with Crippen molar-refractivity contribution in [2.75, 3.05) is 18.4 Å². The Morgan fingerprint density at radius 1 is 1.50 bits per heavy atom. The maximum absolute atomic E-state index is 12.0. The highest BCUT2D eigenvalue weighted by atomic mass is 79.9. The third kappa shape index (κ3) is 5.06. The SMILES string of the molecule is CCN(CC(C)(C)O)C(=O)Nc1cccc(Br)c1. The van der Waals surface area contributed by atoms with Crippen LogP contribution in [0.5, 0.6) is 0 Å². The minimum atomic E-state index is -0.898. The lowest BCUT2D eigenvalue weighted by Gasteiger charge is -2.28. The van der Waals surface area contributed by atoms with Crippen molar-refractivity contribution in [2.24, 2.45) is 0 Å². The van der Waals surface area contributed by atoms with Gasteiger partial charge in [-0.2, -0.15) is 0 Å². The fourth-order valence-corrected chi connectivity index (χ4v) is 1.96. The molecule has 0 heterocycles. The van der Waals surface area contributed by atoms with Crippen molar-refractivity contribution in [3.63, 3.8) is 0 Å². The van der Waals surface area contributed by atoms with Crippen LogP contribution in [0.4, 0.5) is 10.5 Å². The molecule has 18 heavy (non-hydrogen) atoms. The molecule has 0 saturated carbocycles. The summed E-state index contributed by atoms with van der Waals surface area (Å²) in [4.78, 5) is 13.6. The Morgan fingerprint density at radius 3 is 2.67 bits per heavy atom. The van der Waals surface area contributed by atoms with E-state index >= 15 is 0 Å². The molecule has 5 heteroatoms. The predicted molar refractivity (Wildman–Crippen MR) is 76.7 cm³/mol. The maximum Gasteiger partial charge on any atom is 0.321 e. The standard InChI is InChI=1S/C13H19BrN2O2/c1-4-16(9-13(2,3)18)12(17)15-11-7-5-6-10(14)8-11/h5-8,18H,4,9H2,1-3H3,(H,15,17). The van der Waals surface area contributed by atoms with Crippen molar-refractivity contribution < 1.29 is 9.90 Å². The lowest BCUT2D eigenvalue weighted by atomic mass is 10.1. The molecule has 1 aromatic rings. The van der Waals surface area contributed by atoms with Gasteiger partial charge in [0, 0.05) is 16.7 Å². The Kier molecular flexibility index (Phi) is 5.16. The van der Waals surface area contributed by atoms with E-state index in [1.165, 1.54) is 0 Å². The number of benzene rings is 1. The molecule has 0 radical (unpaired) electrons. The number of halogens is 1. The second kappa shape index (κ2) is 6.20. The minimum absolute atomic E-state index is 0.210. The van der Waals surface area contributed by atoms with Crippen LogP contribution in [-0.2, 0) is 0 Å². The van der Waals surface area contributed by atoms with Crippen molar-refractivity contribution >= 4 is 27.6 Å². The first-order valence-corrected chi connectivity index (χ1v) is 6.65. The number of rotatable bonds is 4. The number of aliphatic hydroxyl groups is 1. The van der Waals surface area contributed by atoms with Gasteiger partial charge in [-0.05, 0) is 39.0 Å². The van der Waals surface area contributed by atoms with E-state index in [1.54, 1.807) is 18.7 Å². The third-order valence-electron chi connectivity index (χ3n) is 2.32. The predicted octanol–water partition coefficient (Wildman–Crippen LogP) is 3.07. The molecule has 4 nitrogen and oxygen atoms in total. The number of urea groups is 1. The summed E-state index contributed by atoms with van der Waals surface area (Å²) in [6, 6.07) is 7.18. The number of likely N-dealkylation sites (N-methyl/N-ethyl adjacent to an activating group) is 1. The first-order valence-electron chi connectivity index (χ1n) is 5.85. The summed E-state index contributed by atoms with van der Waals surface area (Å²) in [5, 5.41) is 12.6. The van der Waals surface area contributed by atoms with Gasteiger partial charge in [0.1, 0.15) is 0 Å². The minimum Gasteiger partial charge on any atom is -0.389 e. The molecule has 0 aromatic heterocycles. The van der Waals surface area contributed by atoms with E-state index in [0.717, 1.165) is 10.2 Å². The third-order valence-corrected chi connectivity index (χ3v) is 2.82. The summed E-state index contributed by atoms with van der Waals surface area (Å²) in [5.41, 5.74) is -0.173. The molecular formula is C13H19BrN2O2. The van der Waals surface area contributed by atoms with Crippen LogP contribution in [0.1, 0.15) is 20.8 Å². The average molecular weight is 315 g/mol. The summed E-state index contributed by atoms with van der Waals surface area (Å²) >= 11 is 3.35. The number of hydrogen-bond acceptors (Lipinski definition) is 2. The lowest BCUT2D eigenvalue weighted by molar-refractivity contribution is 0.0501. The Bertz CT molecular complexity index is 416. The molecular weight excluding hydrogens is 296 g/mol. The molecule has 100 valence electrons. The van der Waals surface area contributed by atoms with Crippen LogP contribution >= 0.6 is 15.9 Å². The van der Waals surface area contributed by atoms with Gasteiger partial charge >= 0.3 is 6.03 Å². The number of nitrogens with one attached hydrogen (secondary N) is 1. The van der Waals surface area contributed by atoms with Crippen molar-refractivity contribution in [3.8, 4) is 0 Å². The molecule has 0 fully saturated rings. The molecule has 0 aliphatic rings. The number of hydrogen-bond donors (Lipinski definition) is 2. The number of carbonyl (C=O) groups excluding carboxylic acids is 1. The second-order valence-electron chi connectivity index (χ2n) is 4.77. The van der Waals surface area contributed by atoms with Gasteiger partial charge in [0.25, 0.3) is 0 Å². The van der Waals surface area contributed by atoms with Crippen molar-refractivity contribution in [2.45, 2.75) is 26.4 Å². The second-order valence-corrected chi connectivity index (χ2v) is 5.68. The highest BCUT2D eigenvalue weighted by Gasteiger charge is 2.21. The van der Waals surface area contributed by atoms with Gasteiger partial charge in [-0.3, -0.25) is 0 Å². The van der Waals surface area contributed by atoms with Crippen molar-refractivity contribution in [3.05, 3.63) is 28.7 Å². The molecule has 0 bridgehead atoms. The molecule has 2 N–H and O–H groups in total. The monoisotopic (exact) mass is 314 g/mol. The summed E-state index contributed by atoms with van der Waals surface area (Å²) in [6.45, 7) is 6.09. The summed E-state index contributed by atoms with van der Waals surface area (Å²) in [5.74, 6) is 0. The van der Waals surface area contributed by atoms with Crippen LogP contribution in [-0.4, -0.2) is 34.7 Å². The highest BCUT2D eigenvalue weighted by molar-refractivity contribution is 9.10. The average Bonchev–Trinajstić information content (AvgIpc) is 2.24. The molecule has 1 rings (SSSR count). The zero-order valence-corrected chi connectivity index (χ0v) is 12.5. The van der Waals surface area contributed by atoms with E-state index in [9.17, 15) is 9.90 Å². The molecule has 0 spiro atoms. The topological polar surface area (TPSA) is 52.6 Å². The Morgan fingerprint density at radius 2 is 2.17 bits per heavy atom. The van der Waals surface area contributed by atoms with Gasteiger partial charge in [0.2, 0.25) is 0 Å². The van der Waals surface area contributed by atoms with Gasteiger partial charge < -0.3 is 15.3 Å². The first-order chi connectivity index (χ1) is 8.31. The quantitative estimate of drug-likeness (QED) is 0.897. The highest BCUT2D eigenvalue weighted by Crippen LogP contribution is 2.16. The molecule has 0 aliphatic carbocycles. The van der Waals surface area contributed by atoms with Crippen LogP contribution < -0.4 is 5.32 Å². The van der Waals surface area contributed by atoms with Crippen LogP contribution in [0, 0.1) is 0 Å². The molecule has 0 unspecified atom stereocenters. The number of nitrogens with zero attached hydrogens (tertiary/aromatic N) is 1. The lowest BCUT2D eigenvalue weighted by Crippen LogP contribution is -2.44. The van der Waals surface area contributed by atoms with Gasteiger partial charge in [-0.15, -0.1) is 0 Å². The summed E-state index contributed by atoms with van der Waals surface area (Å²) < 4.78 is 0.908. The summed E-state index contributed by atoms with van der Waals surface area (Å²) in [7, 11) is 0. The fraction of sp³-hybridized carbons (Fsp3) is 0.462. The fourth-order valence-electron chi connectivity index (χ4n) is 1.56. The molecule has 0 saturated heterocycles. The molecule has 1 aromatic carbocycles. The zero-order valence-electron chi connectivity index (χ0n) is 10.9. The zero-order chi connectivity index (χ0) is 13.8. The van der Waals surface area contributed by atoms with Gasteiger partial charge in [0.05, 0.1) is 12.1 Å². The Labute approximate surface area is 116 Å². The van der Waals surface area contributed by atoms with Crippen LogP contribution in [0.2, 0.25) is 0 Å². The number of amides is 2. The molecule has 0 atom stereocenters. The number of carbonyl (C=O) groups is 1. The van der Waals surface area contributed by atoms with E-state index in [-0.39, 0.29) is 6.03 Å². The van der Waals surface area contributed by atoms with E-state index in [1.807, 2.05) is 31.2 Å². The van der Waals surface area contributed by atoms with E-state index in [4.69, 9.17) is 0 Å². The Balaban J connectivity index is 2.68. The normalized spacial score (nSPS) is 11.2. The van der Waals surface area contributed by atoms with E-state index in [2.05, 4.69) is 21.2 Å². The van der Waals surface area contributed by atoms with Crippen LogP contribution in [0.25, 0.3) is 0 Å². The Hall–Kier alpha value is -1.07. The maximum atomic E-state index is 12.0. The van der Waals surface area contributed by atoms with Crippen molar-refractivity contribution in [1.82, 2.24) is 4.90 Å². The van der Waals surface area contributed by atoms with E-state index in [0.29, 0.717) is 13.1 Å². The summed E-state index contributed by atoms with van der Waals surface area (Å²) in [6.07, 6.45) is 0. The van der Waals surface area contributed by atoms with Gasteiger partial charge in [-0.25, -0.2) is 4.79 Å². The largest absolute Gasteiger partial charge is 0.389 e. The van der Waals surface area contributed by atoms with Crippen molar-refractivity contribution in [1.29, 1.82) is 0 Å². The number of anilines is 1. The smallest absolute Gasteiger partial charge is 0.321 e. The van der Waals surface area contributed by atoms with Crippen LogP contribution in [0.3, 0.4) is 0 Å².